The first-order valence-electron chi connectivity index (χ1n) is 14.6. The Labute approximate surface area is 275 Å². The number of rotatable bonds is 11. The number of hydrogen-bond acceptors (Lipinski definition) is 9. The molecule has 0 saturated heterocycles. The molecule has 0 unspecified atom stereocenters. The zero-order valence-electron chi connectivity index (χ0n) is 25.5. The van der Waals surface area contributed by atoms with E-state index >= 15 is 0 Å². The number of hydrazone groups is 1. The van der Waals surface area contributed by atoms with E-state index in [1.54, 1.807) is 41.7 Å². The van der Waals surface area contributed by atoms with Gasteiger partial charge in [0.15, 0.2) is 11.0 Å². The first kappa shape index (κ1) is 31.1. The Hall–Kier alpha value is -4.94. The number of nitrogens with zero attached hydrogens (tertiary/aromatic N) is 5. The second-order valence-electron chi connectivity index (χ2n) is 10.5. The van der Waals surface area contributed by atoms with Gasteiger partial charge in [-0.2, -0.15) is 5.10 Å². The summed E-state index contributed by atoms with van der Waals surface area (Å²) in [4.78, 5) is 27.9. The number of carbonyl (C=O) groups excluding carboxylic acids is 2. The summed E-state index contributed by atoms with van der Waals surface area (Å²) in [7, 11) is 3.16. The molecule has 10 nitrogen and oxygen atoms in total. The maximum atomic E-state index is 13.8. The molecule has 12 heteroatoms. The summed E-state index contributed by atoms with van der Waals surface area (Å²) >= 11 is 2.89. The van der Waals surface area contributed by atoms with Crippen molar-refractivity contribution in [1.82, 2.24) is 25.1 Å². The van der Waals surface area contributed by atoms with Crippen LogP contribution in [0.4, 0.5) is 0 Å². The van der Waals surface area contributed by atoms with Crippen LogP contribution in [0, 0.1) is 6.92 Å². The molecule has 3 heterocycles. The summed E-state index contributed by atoms with van der Waals surface area (Å²) in [6.07, 6.45) is 0.610. The topological polar surface area (TPSA) is 111 Å². The van der Waals surface area contributed by atoms with Gasteiger partial charge in [0.2, 0.25) is 0 Å². The number of thioether (sulfide) groups is 1. The second kappa shape index (κ2) is 14.0. The Balaban J connectivity index is 1.24. The van der Waals surface area contributed by atoms with Crippen LogP contribution in [0.2, 0.25) is 0 Å². The fourth-order valence-corrected chi connectivity index (χ4v) is 6.78. The van der Waals surface area contributed by atoms with Crippen molar-refractivity contribution in [1.29, 1.82) is 0 Å². The van der Waals surface area contributed by atoms with Gasteiger partial charge in [0.25, 0.3) is 11.8 Å². The molecule has 3 aromatic carbocycles. The first-order chi connectivity index (χ1) is 22.4. The monoisotopic (exact) mass is 652 g/mol. The maximum Gasteiger partial charge on any atom is 0.255 e. The minimum atomic E-state index is -0.293. The predicted molar refractivity (Wildman–Crippen MR) is 179 cm³/mol. The number of benzene rings is 3. The Kier molecular flexibility index (Phi) is 9.46. The molecule has 6 rings (SSSR count). The average Bonchev–Trinajstić information content (AvgIpc) is 3.86. The minimum Gasteiger partial charge on any atom is -0.497 e. The molecule has 1 atom stereocenters. The molecule has 0 radical (unpaired) electrons. The van der Waals surface area contributed by atoms with Crippen molar-refractivity contribution in [3.8, 4) is 17.2 Å². The van der Waals surface area contributed by atoms with E-state index in [1.807, 2.05) is 83.6 Å². The van der Waals surface area contributed by atoms with Crippen LogP contribution in [-0.4, -0.2) is 57.3 Å². The van der Waals surface area contributed by atoms with Crippen molar-refractivity contribution in [2.45, 2.75) is 31.1 Å². The predicted octanol–water partition coefficient (Wildman–Crippen LogP) is 6.05. The van der Waals surface area contributed by atoms with Crippen molar-refractivity contribution < 1.29 is 19.1 Å². The van der Waals surface area contributed by atoms with Gasteiger partial charge in [0, 0.05) is 12.1 Å². The zero-order chi connectivity index (χ0) is 32.0. The number of nitrogens with one attached hydrogen (secondary N) is 1. The summed E-state index contributed by atoms with van der Waals surface area (Å²) in [5.41, 5.74) is 4.16. The summed E-state index contributed by atoms with van der Waals surface area (Å²) in [5.74, 6) is 1.40. The number of ether oxygens (including phenoxy) is 2. The molecule has 0 bridgehead atoms. The molecule has 1 aliphatic rings. The summed E-state index contributed by atoms with van der Waals surface area (Å²) in [5, 5.41) is 20.7. The van der Waals surface area contributed by atoms with E-state index in [4.69, 9.17) is 14.6 Å². The molecule has 46 heavy (non-hydrogen) atoms. The largest absolute Gasteiger partial charge is 0.497 e. The number of para-hydroxylation sites is 1. The van der Waals surface area contributed by atoms with Crippen LogP contribution >= 0.6 is 23.1 Å². The van der Waals surface area contributed by atoms with Crippen LogP contribution in [0.15, 0.2) is 101 Å². The molecule has 1 N–H and O–H groups in total. The molecule has 0 saturated carbocycles. The quantitative estimate of drug-likeness (QED) is 0.173. The lowest BCUT2D eigenvalue weighted by molar-refractivity contribution is -0.130. The maximum absolute atomic E-state index is 13.8. The summed E-state index contributed by atoms with van der Waals surface area (Å²) in [6.45, 7) is 2.12. The van der Waals surface area contributed by atoms with Gasteiger partial charge in [-0.1, -0.05) is 54.2 Å². The SMILES string of the molecule is COc1ccc([C@@H]2CC(c3cccs3)=NN2C(=O)CSc2nnc(CNC(=O)c3ccccc3OC)n2-c2cccc(C)c2)cc1. The number of methoxy groups -OCH3 is 2. The fourth-order valence-electron chi connectivity index (χ4n) is 5.23. The number of thiophene rings is 1. The van der Waals surface area contributed by atoms with Crippen LogP contribution in [0.1, 0.15) is 44.6 Å². The third-order valence-corrected chi connectivity index (χ3v) is 9.35. The molecule has 0 aliphatic carbocycles. The number of aromatic nitrogens is 3. The van der Waals surface area contributed by atoms with E-state index in [1.165, 1.54) is 18.9 Å². The third kappa shape index (κ3) is 6.68. The highest BCUT2D eigenvalue weighted by Crippen LogP contribution is 2.35. The van der Waals surface area contributed by atoms with Crippen molar-refractivity contribution in [3.63, 3.8) is 0 Å². The smallest absolute Gasteiger partial charge is 0.255 e. The molecular weight excluding hydrogens is 621 g/mol. The Morgan fingerprint density at radius 3 is 2.54 bits per heavy atom. The number of amides is 2. The van der Waals surface area contributed by atoms with E-state index < -0.39 is 0 Å². The summed E-state index contributed by atoms with van der Waals surface area (Å²) in [6, 6.07) is 26.5. The third-order valence-electron chi connectivity index (χ3n) is 7.52. The van der Waals surface area contributed by atoms with Crippen LogP contribution < -0.4 is 14.8 Å². The molecular formula is C34H32N6O4S2. The van der Waals surface area contributed by atoms with Crippen LogP contribution in [-0.2, 0) is 11.3 Å². The molecule has 5 aromatic rings. The van der Waals surface area contributed by atoms with Crippen LogP contribution in [0.3, 0.4) is 0 Å². The van der Waals surface area contributed by atoms with E-state index in [9.17, 15) is 9.59 Å². The van der Waals surface area contributed by atoms with E-state index in [-0.39, 0.29) is 30.2 Å². The Morgan fingerprint density at radius 2 is 1.80 bits per heavy atom. The zero-order valence-corrected chi connectivity index (χ0v) is 27.2. The second-order valence-corrected chi connectivity index (χ2v) is 12.4. The normalized spacial score (nSPS) is 14.2. The molecule has 0 fully saturated rings. The van der Waals surface area contributed by atoms with E-state index in [0.717, 1.165) is 33.2 Å². The van der Waals surface area contributed by atoms with Crippen molar-refractivity contribution in [3.05, 3.63) is 118 Å². The van der Waals surface area contributed by atoms with Crippen LogP contribution in [0.25, 0.3) is 5.69 Å². The first-order valence-corrected chi connectivity index (χ1v) is 16.4. The number of carbonyl (C=O) groups is 2. The van der Waals surface area contributed by atoms with Gasteiger partial charge in [-0.3, -0.25) is 14.2 Å². The van der Waals surface area contributed by atoms with Crippen molar-refractivity contribution in [2.24, 2.45) is 5.10 Å². The lowest BCUT2D eigenvalue weighted by atomic mass is 10.0. The lowest BCUT2D eigenvalue weighted by Gasteiger charge is -2.22. The Bertz CT molecular complexity index is 1870. The number of aryl methyl sites for hydroxylation is 1. The van der Waals surface area contributed by atoms with Crippen LogP contribution in [0.5, 0.6) is 11.5 Å². The van der Waals surface area contributed by atoms with Gasteiger partial charge in [-0.25, -0.2) is 5.01 Å². The molecule has 0 spiro atoms. The van der Waals surface area contributed by atoms with Gasteiger partial charge in [0.05, 0.1) is 48.7 Å². The van der Waals surface area contributed by atoms with E-state index in [0.29, 0.717) is 28.7 Å². The molecule has 2 aromatic heterocycles. The standard InChI is InChI=1S/C34H32N6O4S2/c1-22-8-6-9-24(18-22)39-31(20-35-33(42)26-10-4-5-11-29(26)44-3)36-37-34(39)46-21-32(41)40-28(23-13-15-25(43-2)16-14-23)19-27(38-40)30-12-7-17-45-30/h4-18,28H,19-21H2,1-3H3,(H,35,42)/t28-/m0/s1. The van der Waals surface area contributed by atoms with Gasteiger partial charge >= 0.3 is 0 Å². The molecule has 234 valence electrons. The van der Waals surface area contributed by atoms with Crippen molar-refractivity contribution >= 4 is 40.6 Å². The summed E-state index contributed by atoms with van der Waals surface area (Å²) < 4.78 is 12.6. The average molecular weight is 653 g/mol. The molecule has 1 aliphatic heterocycles. The lowest BCUT2D eigenvalue weighted by Crippen LogP contribution is -2.28. The fraction of sp³-hybridized carbons (Fsp3) is 0.206. The highest BCUT2D eigenvalue weighted by Gasteiger charge is 2.34. The highest BCUT2D eigenvalue weighted by atomic mass is 32.2. The number of hydrogen-bond donors (Lipinski definition) is 1. The van der Waals surface area contributed by atoms with Gasteiger partial charge in [-0.15, -0.1) is 21.5 Å². The van der Waals surface area contributed by atoms with Gasteiger partial charge in [0.1, 0.15) is 11.5 Å². The van der Waals surface area contributed by atoms with Crippen molar-refractivity contribution in [2.75, 3.05) is 20.0 Å². The van der Waals surface area contributed by atoms with Gasteiger partial charge < -0.3 is 14.8 Å². The minimum absolute atomic E-state index is 0.0887. The molecule has 2 amide bonds. The highest BCUT2D eigenvalue weighted by molar-refractivity contribution is 7.99. The van der Waals surface area contributed by atoms with E-state index in [2.05, 4.69) is 15.5 Å². The Morgan fingerprint density at radius 1 is 0.978 bits per heavy atom. The van der Waals surface area contributed by atoms with Gasteiger partial charge in [-0.05, 0) is 65.9 Å².